The van der Waals surface area contributed by atoms with Gasteiger partial charge in [0.15, 0.2) is 0 Å². The maximum atomic E-state index is 13.2. The molecule has 0 heterocycles. The van der Waals surface area contributed by atoms with Crippen LogP contribution in [0.1, 0.15) is 17.5 Å². The summed E-state index contributed by atoms with van der Waals surface area (Å²) in [4.78, 5) is 11.9. The van der Waals surface area contributed by atoms with Crippen molar-refractivity contribution in [1.82, 2.24) is 4.72 Å². The van der Waals surface area contributed by atoms with Gasteiger partial charge < -0.3 is 5.32 Å². The number of hydrogen-bond donors (Lipinski definition) is 2. The molecule has 132 valence electrons. The molecule has 0 spiro atoms. The Labute approximate surface area is 146 Å². The largest absolute Gasteiger partial charge is 0.326 e. The molecule has 25 heavy (non-hydrogen) atoms. The van der Waals surface area contributed by atoms with E-state index in [-0.39, 0.29) is 13.0 Å². The van der Waals surface area contributed by atoms with Crippen molar-refractivity contribution in [2.24, 2.45) is 0 Å². The van der Waals surface area contributed by atoms with Crippen LogP contribution in [0.3, 0.4) is 0 Å². The van der Waals surface area contributed by atoms with Gasteiger partial charge in [-0.15, -0.1) is 0 Å². The van der Waals surface area contributed by atoms with Gasteiger partial charge in [0.1, 0.15) is 5.82 Å². The monoisotopic (exact) mass is 362 g/mol. The Bertz CT molecular complexity index is 865. The van der Waals surface area contributed by atoms with E-state index in [9.17, 15) is 17.6 Å². The van der Waals surface area contributed by atoms with E-state index in [4.69, 9.17) is 0 Å². The number of carbonyl (C=O) groups excluding carboxylic acids is 1. The van der Waals surface area contributed by atoms with Gasteiger partial charge in [-0.05, 0) is 36.3 Å². The van der Waals surface area contributed by atoms with Crippen molar-refractivity contribution in [3.05, 3.63) is 70.9 Å². The van der Waals surface area contributed by atoms with E-state index in [1.807, 2.05) is 6.07 Å². The molecule has 2 aromatic carbocycles. The fraction of sp³-hybridized carbons (Fsp3) is 0.167. The van der Waals surface area contributed by atoms with Crippen molar-refractivity contribution in [3.63, 3.8) is 0 Å². The van der Waals surface area contributed by atoms with Crippen LogP contribution < -0.4 is 10.0 Å². The average Bonchev–Trinajstić information content (AvgIpc) is 2.57. The molecule has 0 aromatic heterocycles. The lowest BCUT2D eigenvalue weighted by molar-refractivity contribution is -0.116. The second-order valence-electron chi connectivity index (χ2n) is 5.41. The molecule has 0 atom stereocenters. The third-order valence-electron chi connectivity index (χ3n) is 3.37. The summed E-state index contributed by atoms with van der Waals surface area (Å²) < 4.78 is 39.2. The third-order valence-corrected chi connectivity index (χ3v) is 4.47. The molecule has 0 unspecified atom stereocenters. The molecular formula is C18H19FN2O3S. The van der Waals surface area contributed by atoms with Gasteiger partial charge in [0, 0.05) is 24.1 Å². The molecule has 0 saturated carbocycles. The van der Waals surface area contributed by atoms with E-state index in [2.05, 4.69) is 10.0 Å². The van der Waals surface area contributed by atoms with Gasteiger partial charge in [-0.3, -0.25) is 4.79 Å². The number of rotatable bonds is 7. The average molecular weight is 362 g/mol. The predicted octanol–water partition coefficient (Wildman–Crippen LogP) is 3.05. The number of aryl methyl sites for hydroxylation is 1. The van der Waals surface area contributed by atoms with Gasteiger partial charge in [-0.2, -0.15) is 0 Å². The van der Waals surface area contributed by atoms with E-state index < -0.39 is 21.7 Å². The highest BCUT2D eigenvalue weighted by molar-refractivity contribution is 7.92. The maximum absolute atomic E-state index is 13.2. The predicted molar refractivity (Wildman–Crippen MR) is 96.8 cm³/mol. The Morgan fingerprint density at radius 1 is 1.16 bits per heavy atom. The molecule has 0 bridgehead atoms. The summed E-state index contributed by atoms with van der Waals surface area (Å²) in [5, 5.41) is 3.62. The van der Waals surface area contributed by atoms with Crippen molar-refractivity contribution in [2.45, 2.75) is 13.3 Å². The lowest BCUT2D eigenvalue weighted by Gasteiger charge is -2.08. The Hall–Kier alpha value is -2.51. The lowest BCUT2D eigenvalue weighted by Crippen LogP contribution is -2.26. The Balaban J connectivity index is 1.84. The van der Waals surface area contributed by atoms with Gasteiger partial charge in [-0.1, -0.05) is 36.4 Å². The van der Waals surface area contributed by atoms with Gasteiger partial charge >= 0.3 is 0 Å². The topological polar surface area (TPSA) is 75.3 Å². The smallest absolute Gasteiger partial charge is 0.233 e. The molecule has 0 aliphatic rings. The van der Waals surface area contributed by atoms with Gasteiger partial charge in [0.05, 0.1) is 0 Å². The van der Waals surface area contributed by atoms with Crippen molar-refractivity contribution in [2.75, 3.05) is 11.9 Å². The van der Waals surface area contributed by atoms with Crippen molar-refractivity contribution < 1.29 is 17.6 Å². The second kappa shape index (κ2) is 8.55. The molecule has 0 fully saturated rings. The zero-order valence-corrected chi connectivity index (χ0v) is 14.5. The maximum Gasteiger partial charge on any atom is 0.233 e. The number of benzene rings is 2. The van der Waals surface area contributed by atoms with Crippen molar-refractivity contribution in [1.29, 1.82) is 0 Å². The van der Waals surface area contributed by atoms with Crippen LogP contribution in [0.4, 0.5) is 10.1 Å². The lowest BCUT2D eigenvalue weighted by atomic mass is 10.2. The minimum atomic E-state index is -3.63. The number of sulfonamides is 1. The van der Waals surface area contributed by atoms with Crippen LogP contribution in [0.5, 0.6) is 0 Å². The van der Waals surface area contributed by atoms with Gasteiger partial charge in [0.2, 0.25) is 15.9 Å². The first-order valence-electron chi connectivity index (χ1n) is 7.64. The highest BCUT2D eigenvalue weighted by Crippen LogP contribution is 2.16. The molecule has 5 nitrogen and oxygen atoms in total. The summed E-state index contributed by atoms with van der Waals surface area (Å²) in [6.07, 6.45) is 1.41. The number of amides is 1. The van der Waals surface area contributed by atoms with Gasteiger partial charge in [0.25, 0.3) is 0 Å². The molecule has 7 heteroatoms. The van der Waals surface area contributed by atoms with Crippen LogP contribution in [0.25, 0.3) is 6.08 Å². The van der Waals surface area contributed by atoms with Crippen molar-refractivity contribution >= 4 is 27.7 Å². The Morgan fingerprint density at radius 3 is 2.60 bits per heavy atom. The summed E-state index contributed by atoms with van der Waals surface area (Å²) in [6.45, 7) is 1.69. The van der Waals surface area contributed by atoms with E-state index in [0.29, 0.717) is 5.69 Å². The number of anilines is 1. The molecule has 0 radical (unpaired) electrons. The summed E-state index contributed by atoms with van der Waals surface area (Å²) >= 11 is 0. The fourth-order valence-electron chi connectivity index (χ4n) is 2.03. The molecule has 1 amide bonds. The zero-order valence-electron chi connectivity index (χ0n) is 13.7. The van der Waals surface area contributed by atoms with E-state index in [1.165, 1.54) is 18.2 Å². The minimum Gasteiger partial charge on any atom is -0.326 e. The van der Waals surface area contributed by atoms with E-state index in [1.54, 1.807) is 37.3 Å². The van der Waals surface area contributed by atoms with Gasteiger partial charge in [-0.25, -0.2) is 17.5 Å². The molecule has 2 rings (SSSR count). The van der Waals surface area contributed by atoms with E-state index >= 15 is 0 Å². The highest BCUT2D eigenvalue weighted by atomic mass is 32.2. The summed E-state index contributed by atoms with van der Waals surface area (Å²) in [6, 6.07) is 13.1. The number of nitrogens with one attached hydrogen (secondary N) is 2. The first-order valence-corrected chi connectivity index (χ1v) is 9.19. The van der Waals surface area contributed by atoms with Crippen LogP contribution in [-0.2, 0) is 14.8 Å². The molecule has 0 saturated heterocycles. The number of hydrogen-bond acceptors (Lipinski definition) is 3. The summed E-state index contributed by atoms with van der Waals surface area (Å²) in [7, 11) is -3.63. The summed E-state index contributed by atoms with van der Waals surface area (Å²) in [5.41, 5.74) is 1.85. The molecule has 2 aromatic rings. The van der Waals surface area contributed by atoms with Crippen LogP contribution >= 0.6 is 0 Å². The first-order chi connectivity index (χ1) is 11.9. The van der Waals surface area contributed by atoms with Crippen LogP contribution in [0, 0.1) is 12.7 Å². The van der Waals surface area contributed by atoms with Crippen LogP contribution in [-0.4, -0.2) is 20.9 Å². The Morgan fingerprint density at radius 2 is 1.88 bits per heavy atom. The fourth-order valence-corrected chi connectivity index (χ4v) is 2.85. The number of carbonyl (C=O) groups is 1. The molecule has 0 aliphatic heterocycles. The SMILES string of the molecule is Cc1ccc(F)cc1NC(=O)CCNS(=O)(=O)/C=C/c1ccccc1. The zero-order chi connectivity index (χ0) is 18.3. The minimum absolute atomic E-state index is 0.0539. The van der Waals surface area contributed by atoms with Crippen LogP contribution in [0.15, 0.2) is 53.9 Å². The van der Waals surface area contributed by atoms with Crippen molar-refractivity contribution in [3.8, 4) is 0 Å². The van der Waals surface area contributed by atoms with Crippen LogP contribution in [0.2, 0.25) is 0 Å². The quantitative estimate of drug-likeness (QED) is 0.795. The standard InChI is InChI=1S/C18H19FN2O3S/c1-14-7-8-16(19)13-17(14)21-18(22)9-11-20-25(23,24)12-10-15-5-3-2-4-6-15/h2-8,10,12-13,20H,9,11H2,1H3,(H,21,22)/b12-10+. The first kappa shape index (κ1) is 18.8. The van der Waals surface area contributed by atoms with E-state index in [0.717, 1.165) is 16.5 Å². The third kappa shape index (κ3) is 6.48. The molecule has 2 N–H and O–H groups in total. The Kier molecular flexibility index (Phi) is 6.44. The molecule has 0 aliphatic carbocycles. The number of halogens is 1. The highest BCUT2D eigenvalue weighted by Gasteiger charge is 2.09. The molecular weight excluding hydrogens is 343 g/mol. The second-order valence-corrected chi connectivity index (χ2v) is 7.06. The normalized spacial score (nSPS) is 11.6. The summed E-state index contributed by atoms with van der Waals surface area (Å²) in [5.74, 6) is -0.851.